The van der Waals surface area contributed by atoms with Crippen molar-refractivity contribution >= 4 is 22.9 Å². The van der Waals surface area contributed by atoms with Crippen LogP contribution in [0.25, 0.3) is 0 Å². The van der Waals surface area contributed by atoms with Crippen molar-refractivity contribution in [2.75, 3.05) is 0 Å². The monoisotopic (exact) mass is 405 g/mol. The van der Waals surface area contributed by atoms with E-state index in [0.29, 0.717) is 0 Å². The lowest BCUT2D eigenvalue weighted by Gasteiger charge is -2.20. The van der Waals surface area contributed by atoms with E-state index in [1.54, 1.807) is 23.8 Å². The summed E-state index contributed by atoms with van der Waals surface area (Å²) in [7, 11) is 0. The van der Waals surface area contributed by atoms with E-state index in [0.717, 1.165) is 39.6 Å². The molecule has 0 aromatic carbocycles. The van der Waals surface area contributed by atoms with Crippen LogP contribution in [0.1, 0.15) is 75.2 Å². The Morgan fingerprint density at radius 3 is 2.22 bits per heavy atom. The van der Waals surface area contributed by atoms with Gasteiger partial charge in [0, 0.05) is 29.1 Å². The minimum absolute atomic E-state index is 0.0275. The van der Waals surface area contributed by atoms with Crippen molar-refractivity contribution in [2.24, 2.45) is 0 Å². The van der Waals surface area contributed by atoms with E-state index in [4.69, 9.17) is 9.40 Å². The van der Waals surface area contributed by atoms with Gasteiger partial charge >= 0.3 is 0 Å². The molecule has 0 bridgehead atoms. The van der Waals surface area contributed by atoms with E-state index >= 15 is 0 Å². The number of nitrogens with zero attached hydrogens (tertiary/aromatic N) is 5. The molecule has 3 rings (SSSR count). The lowest BCUT2D eigenvalue weighted by molar-refractivity contribution is 0.365. The molecule has 3 aromatic heterocycles. The predicted octanol–water partition coefficient (Wildman–Crippen LogP) is 4.72. The first kappa shape index (κ1) is 20.1. The van der Waals surface area contributed by atoms with Gasteiger partial charge in [0.25, 0.3) is 0 Å². The van der Waals surface area contributed by atoms with Crippen LogP contribution in [0.2, 0.25) is 0 Å². The van der Waals surface area contributed by atoms with Crippen LogP contribution < -0.4 is 0 Å². The quantitative estimate of drug-likeness (QED) is 0.591. The van der Waals surface area contributed by atoms with Crippen LogP contribution in [0.5, 0.6) is 0 Å². The fraction of sp³-hybridized carbons (Fsp3) is 0.632. The highest BCUT2D eigenvalue weighted by Gasteiger charge is 2.31. The standard InChI is InChI=1S/C19H27N5OS2/c1-17(2,3)14-21-12(27-24-14)10-19(6,7)16-23-22-13(26-16)11-18(4,5)15-20-8-9-25-15/h8-9H,10-11H2,1-7H3. The average molecular weight is 406 g/mol. The molecule has 3 heterocycles. The molecular weight excluding hydrogens is 378 g/mol. The number of aromatic nitrogens is 5. The lowest BCUT2D eigenvalue weighted by atomic mass is 9.90. The van der Waals surface area contributed by atoms with E-state index in [-0.39, 0.29) is 16.2 Å². The molecule has 27 heavy (non-hydrogen) atoms. The molecule has 6 nitrogen and oxygen atoms in total. The van der Waals surface area contributed by atoms with Crippen molar-refractivity contribution in [1.82, 2.24) is 24.5 Å². The minimum atomic E-state index is -0.217. The second-order valence-electron chi connectivity index (χ2n) is 9.22. The fourth-order valence-corrected chi connectivity index (χ4v) is 4.92. The first-order valence-corrected chi connectivity index (χ1v) is 10.6. The van der Waals surface area contributed by atoms with Gasteiger partial charge in [0.05, 0.1) is 6.20 Å². The zero-order chi connectivity index (χ0) is 19.9. The maximum Gasteiger partial charge on any atom is 0.200 e. The topological polar surface area (TPSA) is 77.6 Å². The molecule has 3 aromatic rings. The van der Waals surface area contributed by atoms with Crippen molar-refractivity contribution in [2.45, 2.75) is 77.6 Å². The summed E-state index contributed by atoms with van der Waals surface area (Å²) in [5.74, 6) is 1.63. The molecule has 0 saturated carbocycles. The van der Waals surface area contributed by atoms with Crippen LogP contribution in [0.3, 0.4) is 0 Å². The van der Waals surface area contributed by atoms with Gasteiger partial charge in [-0.1, -0.05) is 48.5 Å². The van der Waals surface area contributed by atoms with Crippen molar-refractivity contribution in [3.8, 4) is 0 Å². The van der Waals surface area contributed by atoms with E-state index in [9.17, 15) is 0 Å². The molecule has 0 radical (unpaired) electrons. The van der Waals surface area contributed by atoms with Gasteiger partial charge in [-0.25, -0.2) is 9.97 Å². The highest BCUT2D eigenvalue weighted by molar-refractivity contribution is 7.11. The zero-order valence-corrected chi connectivity index (χ0v) is 18.7. The largest absolute Gasteiger partial charge is 0.448 e. The van der Waals surface area contributed by atoms with Gasteiger partial charge in [-0.3, -0.25) is 0 Å². The van der Waals surface area contributed by atoms with Gasteiger partial charge in [-0.15, -0.1) is 21.5 Å². The number of rotatable bonds is 6. The van der Waals surface area contributed by atoms with Gasteiger partial charge in [0.2, 0.25) is 0 Å². The summed E-state index contributed by atoms with van der Waals surface area (Å²) in [4.78, 5) is 9.03. The van der Waals surface area contributed by atoms with Gasteiger partial charge in [-0.05, 0) is 11.5 Å². The van der Waals surface area contributed by atoms with Crippen LogP contribution in [0, 0.1) is 0 Å². The van der Waals surface area contributed by atoms with Crippen molar-refractivity contribution < 1.29 is 4.42 Å². The maximum atomic E-state index is 5.48. The molecule has 0 saturated heterocycles. The van der Waals surface area contributed by atoms with Crippen molar-refractivity contribution in [1.29, 1.82) is 0 Å². The molecule has 0 N–H and O–H groups in total. The highest BCUT2D eigenvalue weighted by Crippen LogP contribution is 2.34. The molecule has 0 amide bonds. The van der Waals surface area contributed by atoms with Crippen LogP contribution in [0.15, 0.2) is 16.9 Å². The lowest BCUT2D eigenvalue weighted by Crippen LogP contribution is -2.21. The molecule has 0 atom stereocenters. The zero-order valence-electron chi connectivity index (χ0n) is 17.0. The average Bonchev–Trinajstić information content (AvgIpc) is 3.27. The summed E-state index contributed by atoms with van der Waals surface area (Å²) in [5.41, 5.74) is -0.386. The third-order valence-corrected chi connectivity index (χ3v) is 6.38. The predicted molar refractivity (Wildman–Crippen MR) is 108 cm³/mol. The number of hydrogen-bond donors (Lipinski definition) is 0. The normalized spacial score (nSPS) is 13.3. The summed E-state index contributed by atoms with van der Waals surface area (Å²) in [5, 5.41) is 12.0. The Morgan fingerprint density at radius 2 is 1.63 bits per heavy atom. The SMILES string of the molecule is CC(C)(C)c1nsc(CC(C)(C)c2nnc(CC(C)(C)c3ncco3)s2)n1. The van der Waals surface area contributed by atoms with E-state index < -0.39 is 0 Å². The molecular formula is C19H27N5OS2. The second-order valence-corrected chi connectivity index (χ2v) is 11.1. The van der Waals surface area contributed by atoms with Crippen LogP contribution in [-0.2, 0) is 29.1 Å². The molecule has 0 unspecified atom stereocenters. The Morgan fingerprint density at radius 1 is 0.926 bits per heavy atom. The smallest absolute Gasteiger partial charge is 0.200 e. The first-order chi connectivity index (χ1) is 12.5. The van der Waals surface area contributed by atoms with E-state index in [1.807, 2.05) is 0 Å². The highest BCUT2D eigenvalue weighted by atomic mass is 32.1. The summed E-state index contributed by atoms with van der Waals surface area (Å²) in [6.07, 6.45) is 4.84. The maximum absolute atomic E-state index is 5.48. The Kier molecular flexibility index (Phi) is 5.24. The molecule has 0 fully saturated rings. The molecule has 146 valence electrons. The van der Waals surface area contributed by atoms with Crippen molar-refractivity contribution in [3.63, 3.8) is 0 Å². The summed E-state index contributed by atoms with van der Waals surface area (Å²) in [6.45, 7) is 15.0. The second kappa shape index (κ2) is 7.05. The summed E-state index contributed by atoms with van der Waals surface area (Å²) >= 11 is 3.15. The Hall–Kier alpha value is -1.67. The van der Waals surface area contributed by atoms with Crippen LogP contribution in [-0.4, -0.2) is 24.5 Å². The molecule has 0 spiro atoms. The molecule has 0 aliphatic carbocycles. The third kappa shape index (κ3) is 4.60. The summed E-state index contributed by atoms with van der Waals surface area (Å²) in [6, 6.07) is 0. The Balaban J connectivity index is 1.73. The summed E-state index contributed by atoms with van der Waals surface area (Å²) < 4.78 is 10.0. The first-order valence-electron chi connectivity index (χ1n) is 9.03. The Labute approximate surface area is 168 Å². The minimum Gasteiger partial charge on any atom is -0.448 e. The molecule has 0 aliphatic heterocycles. The Bertz CT molecular complexity index is 887. The van der Waals surface area contributed by atoms with E-state index in [2.05, 4.69) is 68.0 Å². The third-order valence-electron chi connectivity index (χ3n) is 4.38. The van der Waals surface area contributed by atoms with Crippen LogP contribution >= 0.6 is 22.9 Å². The van der Waals surface area contributed by atoms with Gasteiger partial charge in [0.15, 0.2) is 5.89 Å². The van der Waals surface area contributed by atoms with Crippen LogP contribution in [0.4, 0.5) is 0 Å². The van der Waals surface area contributed by atoms with Gasteiger partial charge in [-0.2, -0.15) is 4.37 Å². The number of oxazole rings is 1. The molecule has 0 aliphatic rings. The van der Waals surface area contributed by atoms with Gasteiger partial charge in [0.1, 0.15) is 27.1 Å². The fourth-order valence-electron chi connectivity index (χ4n) is 2.69. The van der Waals surface area contributed by atoms with Crippen molar-refractivity contribution in [3.05, 3.63) is 39.2 Å². The van der Waals surface area contributed by atoms with Gasteiger partial charge < -0.3 is 4.42 Å². The number of hydrogen-bond acceptors (Lipinski definition) is 8. The van der Waals surface area contributed by atoms with E-state index in [1.165, 1.54) is 11.5 Å². The molecule has 8 heteroatoms.